The van der Waals surface area contributed by atoms with E-state index in [1.807, 2.05) is 6.07 Å². The number of anilines is 1. The average Bonchev–Trinajstić information content (AvgIpc) is 2.36. The SMILES string of the molecule is Nc1c2ccccc2nc2c(O)c(O)cc(O)c12. The van der Waals surface area contributed by atoms with Gasteiger partial charge in [-0.3, -0.25) is 0 Å². The molecule has 18 heavy (non-hydrogen) atoms. The van der Waals surface area contributed by atoms with Crippen molar-refractivity contribution in [2.75, 3.05) is 5.73 Å². The number of pyridine rings is 1. The maximum Gasteiger partial charge on any atom is 0.184 e. The molecule has 0 spiro atoms. The molecule has 0 saturated heterocycles. The number of aromatic nitrogens is 1. The largest absolute Gasteiger partial charge is 0.507 e. The predicted molar refractivity (Wildman–Crippen MR) is 68.7 cm³/mol. The van der Waals surface area contributed by atoms with Crippen molar-refractivity contribution in [3.63, 3.8) is 0 Å². The maximum absolute atomic E-state index is 9.83. The van der Waals surface area contributed by atoms with E-state index in [1.54, 1.807) is 18.2 Å². The van der Waals surface area contributed by atoms with Crippen LogP contribution < -0.4 is 5.73 Å². The molecule has 3 aromatic rings. The van der Waals surface area contributed by atoms with E-state index in [0.717, 1.165) is 6.07 Å². The van der Waals surface area contributed by atoms with Crippen LogP contribution in [0.15, 0.2) is 30.3 Å². The topological polar surface area (TPSA) is 99.6 Å². The van der Waals surface area contributed by atoms with Gasteiger partial charge in [0.05, 0.1) is 16.6 Å². The Balaban J connectivity index is 2.64. The number of aromatic hydroxyl groups is 3. The fourth-order valence-corrected chi connectivity index (χ4v) is 2.06. The highest BCUT2D eigenvalue weighted by molar-refractivity contribution is 6.11. The Kier molecular flexibility index (Phi) is 1.98. The van der Waals surface area contributed by atoms with E-state index in [1.165, 1.54) is 0 Å². The highest BCUT2D eigenvalue weighted by Crippen LogP contribution is 2.42. The second-order valence-corrected chi connectivity index (χ2v) is 4.03. The molecule has 0 bridgehead atoms. The third-order valence-electron chi connectivity index (χ3n) is 2.93. The van der Waals surface area contributed by atoms with E-state index in [2.05, 4.69) is 4.98 Å². The smallest absolute Gasteiger partial charge is 0.184 e. The Morgan fingerprint density at radius 3 is 2.50 bits per heavy atom. The Morgan fingerprint density at radius 1 is 1.00 bits per heavy atom. The van der Waals surface area contributed by atoms with Gasteiger partial charge < -0.3 is 21.1 Å². The zero-order valence-corrected chi connectivity index (χ0v) is 9.25. The van der Waals surface area contributed by atoms with Crippen molar-refractivity contribution in [3.8, 4) is 17.2 Å². The number of nitrogens with two attached hydrogens (primary N) is 1. The van der Waals surface area contributed by atoms with Gasteiger partial charge in [-0.1, -0.05) is 18.2 Å². The molecule has 5 N–H and O–H groups in total. The fraction of sp³-hybridized carbons (Fsp3) is 0. The van der Waals surface area contributed by atoms with Gasteiger partial charge >= 0.3 is 0 Å². The monoisotopic (exact) mass is 242 g/mol. The molecule has 0 aliphatic rings. The minimum Gasteiger partial charge on any atom is -0.507 e. The van der Waals surface area contributed by atoms with Crippen LogP contribution in [0.5, 0.6) is 17.2 Å². The Labute approximate surface area is 102 Å². The molecule has 0 fully saturated rings. The van der Waals surface area contributed by atoms with Crippen LogP contribution in [0.25, 0.3) is 21.8 Å². The van der Waals surface area contributed by atoms with Crippen molar-refractivity contribution in [1.29, 1.82) is 0 Å². The van der Waals surface area contributed by atoms with E-state index < -0.39 is 5.75 Å². The zero-order chi connectivity index (χ0) is 12.9. The van der Waals surface area contributed by atoms with Crippen LogP contribution >= 0.6 is 0 Å². The average molecular weight is 242 g/mol. The van der Waals surface area contributed by atoms with Crippen molar-refractivity contribution in [2.24, 2.45) is 0 Å². The summed E-state index contributed by atoms with van der Waals surface area (Å²) in [4.78, 5) is 4.21. The number of nitrogen functional groups attached to an aromatic ring is 1. The summed E-state index contributed by atoms with van der Waals surface area (Å²) < 4.78 is 0. The first-order valence-electron chi connectivity index (χ1n) is 5.31. The number of hydrogen-bond acceptors (Lipinski definition) is 5. The molecule has 3 rings (SSSR count). The van der Waals surface area contributed by atoms with Gasteiger partial charge in [0.25, 0.3) is 0 Å². The molecule has 90 valence electrons. The maximum atomic E-state index is 9.83. The summed E-state index contributed by atoms with van der Waals surface area (Å²) in [6.07, 6.45) is 0. The summed E-state index contributed by atoms with van der Waals surface area (Å²) in [5, 5.41) is 30.0. The summed E-state index contributed by atoms with van der Waals surface area (Å²) in [6.45, 7) is 0. The quantitative estimate of drug-likeness (QED) is 0.275. The predicted octanol–water partition coefficient (Wildman–Crippen LogP) is 2.09. The molecule has 1 aromatic heterocycles. The number of benzene rings is 2. The van der Waals surface area contributed by atoms with Crippen molar-refractivity contribution >= 4 is 27.5 Å². The Bertz CT molecular complexity index is 784. The molecule has 1 heterocycles. The molecule has 0 atom stereocenters. The molecule has 5 nitrogen and oxygen atoms in total. The number of hydrogen-bond donors (Lipinski definition) is 4. The minimum absolute atomic E-state index is 0.0868. The molecule has 2 aromatic carbocycles. The van der Waals surface area contributed by atoms with Crippen molar-refractivity contribution in [2.45, 2.75) is 0 Å². The second-order valence-electron chi connectivity index (χ2n) is 4.03. The number of phenolic OH excluding ortho intramolecular Hbond substituents is 3. The normalized spacial score (nSPS) is 11.1. The van der Waals surface area contributed by atoms with E-state index >= 15 is 0 Å². The van der Waals surface area contributed by atoms with Crippen LogP contribution in [0.2, 0.25) is 0 Å². The van der Waals surface area contributed by atoms with Crippen molar-refractivity contribution in [3.05, 3.63) is 30.3 Å². The number of para-hydroxylation sites is 1. The van der Waals surface area contributed by atoms with Gasteiger partial charge in [-0.15, -0.1) is 0 Å². The molecule has 0 radical (unpaired) electrons. The van der Waals surface area contributed by atoms with E-state index in [-0.39, 0.29) is 22.4 Å². The van der Waals surface area contributed by atoms with Gasteiger partial charge in [0.15, 0.2) is 11.5 Å². The molecule has 0 aliphatic carbocycles. The van der Waals surface area contributed by atoms with E-state index in [0.29, 0.717) is 16.6 Å². The molecule has 5 heteroatoms. The zero-order valence-electron chi connectivity index (χ0n) is 9.25. The van der Waals surface area contributed by atoms with Crippen LogP contribution in [0, 0.1) is 0 Å². The molecule has 0 unspecified atom stereocenters. The molecular formula is C13H10N2O3. The summed E-state index contributed by atoms with van der Waals surface area (Å²) in [7, 11) is 0. The Morgan fingerprint density at radius 2 is 1.72 bits per heavy atom. The summed E-state index contributed by atoms with van der Waals surface area (Å²) >= 11 is 0. The lowest BCUT2D eigenvalue weighted by molar-refractivity contribution is 0.401. The van der Waals surface area contributed by atoms with Crippen LogP contribution in [0.4, 0.5) is 5.69 Å². The lowest BCUT2D eigenvalue weighted by Crippen LogP contribution is -1.93. The third kappa shape index (κ3) is 1.24. The Hall–Kier alpha value is -2.69. The van der Waals surface area contributed by atoms with Gasteiger partial charge in [-0.05, 0) is 6.07 Å². The van der Waals surface area contributed by atoms with Gasteiger partial charge in [-0.2, -0.15) is 0 Å². The minimum atomic E-state index is -0.429. The van der Waals surface area contributed by atoms with E-state index in [9.17, 15) is 15.3 Å². The number of fused-ring (bicyclic) bond motifs is 2. The van der Waals surface area contributed by atoms with Gasteiger partial charge in [-0.25, -0.2) is 4.98 Å². The highest BCUT2D eigenvalue weighted by atomic mass is 16.3. The summed E-state index contributed by atoms with van der Waals surface area (Å²) in [5.41, 5.74) is 6.98. The van der Waals surface area contributed by atoms with Crippen molar-refractivity contribution in [1.82, 2.24) is 4.98 Å². The van der Waals surface area contributed by atoms with Crippen LogP contribution in [0.3, 0.4) is 0 Å². The third-order valence-corrected chi connectivity index (χ3v) is 2.93. The first-order valence-corrected chi connectivity index (χ1v) is 5.31. The molecular weight excluding hydrogens is 232 g/mol. The molecule has 0 aliphatic heterocycles. The first kappa shape index (κ1) is 10.5. The summed E-state index contributed by atoms with van der Waals surface area (Å²) in [5.74, 6) is -1.03. The lowest BCUT2D eigenvalue weighted by Gasteiger charge is -2.10. The van der Waals surface area contributed by atoms with E-state index in [4.69, 9.17) is 5.73 Å². The number of phenols is 3. The first-order chi connectivity index (χ1) is 8.59. The van der Waals surface area contributed by atoms with Crippen LogP contribution in [0.1, 0.15) is 0 Å². The summed E-state index contributed by atoms with van der Waals surface area (Å²) in [6, 6.07) is 8.17. The van der Waals surface area contributed by atoms with Gasteiger partial charge in [0.2, 0.25) is 0 Å². The fourth-order valence-electron chi connectivity index (χ4n) is 2.06. The lowest BCUT2D eigenvalue weighted by atomic mass is 10.1. The molecule has 0 amide bonds. The standard InChI is InChI=1S/C13H10N2O3/c14-11-6-3-1-2-4-7(6)15-12-10(11)8(16)5-9(17)13(12)18/h1-5,16-18H,(H2,14,15). The van der Waals surface area contributed by atoms with Crippen LogP contribution in [-0.2, 0) is 0 Å². The van der Waals surface area contributed by atoms with Gasteiger partial charge in [0, 0.05) is 11.5 Å². The number of rotatable bonds is 0. The second kappa shape index (κ2) is 3.40. The van der Waals surface area contributed by atoms with Crippen LogP contribution in [-0.4, -0.2) is 20.3 Å². The number of nitrogens with zero attached hydrogens (tertiary/aromatic N) is 1. The highest BCUT2D eigenvalue weighted by Gasteiger charge is 2.16. The van der Waals surface area contributed by atoms with Crippen molar-refractivity contribution < 1.29 is 15.3 Å². The van der Waals surface area contributed by atoms with Gasteiger partial charge in [0.1, 0.15) is 11.3 Å². The molecule has 0 saturated carbocycles.